The molecule has 20 rings (SSSR count). The van der Waals surface area contributed by atoms with Crippen molar-refractivity contribution in [1.29, 1.82) is 0 Å². The van der Waals surface area contributed by atoms with Gasteiger partial charge in [-0.3, -0.25) is 0 Å². The number of fused-ring (bicyclic) bond motifs is 32. The van der Waals surface area contributed by atoms with E-state index in [9.17, 15) is 0 Å². The van der Waals surface area contributed by atoms with Crippen molar-refractivity contribution in [1.82, 2.24) is 18.3 Å². The average molecular weight is 1110 g/mol. The summed E-state index contributed by atoms with van der Waals surface area (Å²) < 4.78 is 10.0. The molecule has 4 aromatic heterocycles. The number of hydrogen-bond acceptors (Lipinski definition) is 0. The fourth-order valence-corrected chi connectivity index (χ4v) is 16.4. The van der Waals surface area contributed by atoms with Gasteiger partial charge >= 0.3 is 0 Å². The normalized spacial score (nSPS) is 12.5. The van der Waals surface area contributed by atoms with Gasteiger partial charge < -0.3 is 18.3 Å². The van der Waals surface area contributed by atoms with Crippen molar-refractivity contribution in [2.45, 2.75) is 13.1 Å². The molecule has 0 N–H and O–H groups in total. The monoisotopic (exact) mass is 1100 g/mol. The maximum absolute atomic E-state index is 2.61. The van der Waals surface area contributed by atoms with Gasteiger partial charge in [0.2, 0.25) is 0 Å². The minimum atomic E-state index is 0.715. The highest BCUT2D eigenvalue weighted by Gasteiger charge is 2.25. The highest BCUT2D eigenvalue weighted by molar-refractivity contribution is 6.43. The van der Waals surface area contributed by atoms with Crippen LogP contribution in [0.2, 0.25) is 0 Å². The molecule has 0 atom stereocenters. The maximum atomic E-state index is 2.61. The Morgan fingerprint density at radius 2 is 0.655 bits per heavy atom. The van der Waals surface area contributed by atoms with E-state index in [-0.39, 0.29) is 0 Å². The second kappa shape index (κ2) is 17.4. The number of aromatic nitrogens is 4. The SMILES string of the molecule is Cn1c2ccccc2c2c3ccc4c(c3ccc21)c1ccccc1n4-c1ccc(Cn2c3ccccc3c3c4c5ccc(Cn6c7ccccc7c7c8ccccc8c8c9ccccc9ccc8c76)cc5c5ccccc5c4c4ccccc4c32)cc1. The average Bonchev–Trinajstić information content (AvgIpc) is 3.13. The fourth-order valence-electron chi connectivity index (χ4n) is 16.4. The van der Waals surface area contributed by atoms with Crippen LogP contribution in [-0.4, -0.2) is 18.3 Å². The lowest BCUT2D eigenvalue weighted by Crippen LogP contribution is -2.01. The lowest BCUT2D eigenvalue weighted by Gasteiger charge is -2.18. The van der Waals surface area contributed by atoms with Crippen LogP contribution in [0.15, 0.2) is 273 Å². The van der Waals surface area contributed by atoms with E-state index in [0.29, 0.717) is 6.54 Å². The summed E-state index contributed by atoms with van der Waals surface area (Å²) in [4.78, 5) is 0. The van der Waals surface area contributed by atoms with Gasteiger partial charge in [-0.1, -0.05) is 218 Å². The first-order valence-corrected chi connectivity index (χ1v) is 30.5. The fraction of sp³-hybridized carbons (Fsp3) is 0.0361. The summed E-state index contributed by atoms with van der Waals surface area (Å²) in [5.41, 5.74) is 13.7. The summed E-state index contributed by atoms with van der Waals surface area (Å²) in [5.74, 6) is 0. The van der Waals surface area contributed by atoms with Gasteiger partial charge in [0.25, 0.3) is 0 Å². The van der Waals surface area contributed by atoms with Gasteiger partial charge in [0.05, 0.1) is 22.1 Å². The Bertz CT molecular complexity index is 6440. The van der Waals surface area contributed by atoms with Crippen molar-refractivity contribution in [3.63, 3.8) is 0 Å². The number of benzene rings is 16. The number of rotatable bonds is 5. The van der Waals surface area contributed by atoms with Crippen LogP contribution in [0, 0.1) is 0 Å². The Kier molecular flexibility index (Phi) is 9.46. The lowest BCUT2D eigenvalue weighted by atomic mass is 9.87. The second-order valence-electron chi connectivity index (χ2n) is 24.2. The van der Waals surface area contributed by atoms with Gasteiger partial charge in [0, 0.05) is 107 Å². The third kappa shape index (κ3) is 6.30. The first-order valence-electron chi connectivity index (χ1n) is 30.5. The predicted octanol–water partition coefficient (Wildman–Crippen LogP) is 22.0. The molecule has 0 fully saturated rings. The van der Waals surface area contributed by atoms with E-state index >= 15 is 0 Å². The highest BCUT2D eigenvalue weighted by atomic mass is 15.0. The van der Waals surface area contributed by atoms with Crippen LogP contribution in [0.3, 0.4) is 0 Å². The zero-order valence-corrected chi connectivity index (χ0v) is 47.7. The quantitative estimate of drug-likeness (QED) is 0.153. The summed E-state index contributed by atoms with van der Waals surface area (Å²) >= 11 is 0. The van der Waals surface area contributed by atoms with E-state index in [1.165, 1.54) is 185 Å². The Morgan fingerprint density at radius 1 is 0.230 bits per heavy atom. The molecule has 0 unspecified atom stereocenters. The van der Waals surface area contributed by atoms with Gasteiger partial charge in [-0.25, -0.2) is 0 Å². The maximum Gasteiger partial charge on any atom is 0.0580 e. The van der Waals surface area contributed by atoms with E-state index < -0.39 is 0 Å². The minimum Gasteiger partial charge on any atom is -0.344 e. The van der Waals surface area contributed by atoms with Crippen molar-refractivity contribution in [2.24, 2.45) is 7.05 Å². The summed E-state index contributed by atoms with van der Waals surface area (Å²) in [5, 5.41) is 31.0. The van der Waals surface area contributed by atoms with Crippen LogP contribution in [0.5, 0.6) is 0 Å². The zero-order valence-electron chi connectivity index (χ0n) is 47.7. The molecule has 4 nitrogen and oxygen atoms in total. The number of aryl methyl sites for hydroxylation is 1. The summed E-state index contributed by atoms with van der Waals surface area (Å²) in [6.45, 7) is 1.44. The Labute approximate surface area is 498 Å². The molecular weight excluding hydrogens is 1050 g/mol. The van der Waals surface area contributed by atoms with Crippen LogP contribution >= 0.6 is 0 Å². The molecule has 0 amide bonds. The van der Waals surface area contributed by atoms with E-state index in [1.807, 2.05) is 0 Å². The van der Waals surface area contributed by atoms with Crippen molar-refractivity contribution >= 4 is 173 Å². The van der Waals surface area contributed by atoms with Gasteiger partial charge in [0.15, 0.2) is 0 Å². The van der Waals surface area contributed by atoms with E-state index in [0.717, 1.165) is 12.2 Å². The molecular formula is C83H52N4. The molecule has 4 heterocycles. The topological polar surface area (TPSA) is 19.7 Å². The number of para-hydroxylation sites is 4. The first-order chi connectivity index (χ1) is 43.1. The Hall–Kier alpha value is -11.2. The molecule has 0 saturated heterocycles. The molecule has 0 radical (unpaired) electrons. The number of nitrogens with zero attached hydrogens (tertiary/aromatic N) is 4. The molecule has 0 saturated carbocycles. The molecule has 0 aliphatic rings. The highest BCUT2D eigenvalue weighted by Crippen LogP contribution is 2.49. The van der Waals surface area contributed by atoms with E-state index in [2.05, 4.69) is 298 Å². The van der Waals surface area contributed by atoms with E-state index in [4.69, 9.17) is 0 Å². The molecule has 0 bridgehead atoms. The van der Waals surface area contributed by atoms with Crippen LogP contribution in [0.4, 0.5) is 0 Å². The van der Waals surface area contributed by atoms with Crippen LogP contribution in [-0.2, 0) is 20.1 Å². The molecule has 0 spiro atoms. The molecule has 0 aliphatic carbocycles. The third-order valence-corrected chi connectivity index (χ3v) is 20.0. The summed E-state index contributed by atoms with van der Waals surface area (Å²) in [6.07, 6.45) is 0. The Balaban J connectivity index is 0.771. The Morgan fingerprint density at radius 3 is 1.34 bits per heavy atom. The van der Waals surface area contributed by atoms with Gasteiger partial charge in [-0.2, -0.15) is 0 Å². The molecule has 4 heteroatoms. The predicted molar refractivity (Wildman–Crippen MR) is 372 cm³/mol. The van der Waals surface area contributed by atoms with Gasteiger partial charge in [-0.05, 0) is 136 Å². The molecule has 20 aromatic rings. The second-order valence-corrected chi connectivity index (χ2v) is 24.2. The van der Waals surface area contributed by atoms with Gasteiger partial charge in [-0.15, -0.1) is 0 Å². The standard InChI is InChI=1S/C83H52N4/c1-84-69-30-14-10-26-63(69)76-59-43-45-74-77(60(59)42-44-73(76)84)66-29-13-17-33-72(66)87(74)52-38-34-49(35-39-52)47-85-71-32-16-12-28-65(71)81-80-61-40-36-50(46-68(61)54-20-4-5-21-55(54)78(80)58-24-8-9-25-62(58)82(81)85)48-86-70-31-15-11-27-64(70)79-57-23-7-6-22-56(57)75-53-19-3-2-18-51(53)37-41-67(75)83(79)86/h2-46H,47-48H2,1H3. The van der Waals surface area contributed by atoms with Crippen molar-refractivity contribution in [2.75, 3.05) is 0 Å². The lowest BCUT2D eigenvalue weighted by molar-refractivity contribution is 0.871. The van der Waals surface area contributed by atoms with Gasteiger partial charge in [0.1, 0.15) is 0 Å². The van der Waals surface area contributed by atoms with Crippen LogP contribution in [0.25, 0.3) is 179 Å². The zero-order chi connectivity index (χ0) is 56.8. The van der Waals surface area contributed by atoms with Crippen molar-refractivity contribution in [3.05, 3.63) is 284 Å². The smallest absolute Gasteiger partial charge is 0.0580 e. The van der Waals surface area contributed by atoms with Crippen molar-refractivity contribution in [3.8, 4) is 5.69 Å². The summed E-state index contributed by atoms with van der Waals surface area (Å²) in [7, 11) is 2.19. The number of hydrogen-bond donors (Lipinski definition) is 0. The summed E-state index contributed by atoms with van der Waals surface area (Å²) in [6, 6.07) is 103. The molecule has 0 aliphatic heterocycles. The largest absolute Gasteiger partial charge is 0.344 e. The minimum absolute atomic E-state index is 0.715. The van der Waals surface area contributed by atoms with Crippen molar-refractivity contribution < 1.29 is 0 Å². The van der Waals surface area contributed by atoms with Crippen LogP contribution in [0.1, 0.15) is 11.1 Å². The van der Waals surface area contributed by atoms with E-state index in [1.54, 1.807) is 0 Å². The third-order valence-electron chi connectivity index (χ3n) is 20.0. The van der Waals surface area contributed by atoms with Crippen LogP contribution < -0.4 is 0 Å². The molecule has 16 aromatic carbocycles. The molecule has 87 heavy (non-hydrogen) atoms. The first kappa shape index (κ1) is 47.2. The molecule has 404 valence electrons.